The number of anilines is 1. The van der Waals surface area contributed by atoms with Gasteiger partial charge in [0.15, 0.2) is 0 Å². The quantitative estimate of drug-likeness (QED) is 0.495. The van der Waals surface area contributed by atoms with Crippen LogP contribution in [-0.2, 0) is 0 Å². The molecule has 0 atom stereocenters. The molecular formula is C15H18N2O4. The van der Waals surface area contributed by atoms with Crippen LogP contribution in [0.4, 0.5) is 10.5 Å². The summed E-state index contributed by atoms with van der Waals surface area (Å²) < 4.78 is 0. The first-order valence-electron chi connectivity index (χ1n) is 6.85. The van der Waals surface area contributed by atoms with Gasteiger partial charge >= 0.3 is 12.0 Å². The number of benzene rings is 1. The molecule has 1 aromatic rings. The highest BCUT2D eigenvalue weighted by Crippen LogP contribution is 2.21. The summed E-state index contributed by atoms with van der Waals surface area (Å²) in [7, 11) is 0. The summed E-state index contributed by atoms with van der Waals surface area (Å²) in [6.45, 7) is 0.512. The molecule has 0 heterocycles. The molecule has 4 N–H and O–H groups in total. The Morgan fingerprint density at radius 1 is 1.29 bits per heavy atom. The number of carbonyl (C=O) groups excluding carboxylic acids is 1. The fraction of sp³-hybridized carbons (Fsp3) is 0.333. The fourth-order valence-electron chi connectivity index (χ4n) is 2.29. The number of carbonyl (C=O) groups is 2. The zero-order valence-electron chi connectivity index (χ0n) is 11.6. The van der Waals surface area contributed by atoms with Crippen molar-refractivity contribution in [1.29, 1.82) is 0 Å². The van der Waals surface area contributed by atoms with Crippen molar-refractivity contribution in [3.63, 3.8) is 0 Å². The van der Waals surface area contributed by atoms with E-state index in [-0.39, 0.29) is 17.0 Å². The van der Waals surface area contributed by atoms with Crippen molar-refractivity contribution in [2.75, 3.05) is 11.9 Å². The molecule has 6 nitrogen and oxygen atoms in total. The van der Waals surface area contributed by atoms with E-state index >= 15 is 0 Å². The molecule has 2 rings (SSSR count). The zero-order valence-corrected chi connectivity index (χ0v) is 11.6. The van der Waals surface area contributed by atoms with Crippen LogP contribution in [0, 0.1) is 0 Å². The first-order chi connectivity index (χ1) is 10.1. The summed E-state index contributed by atoms with van der Waals surface area (Å²) in [5.74, 6) is -1.37. The second-order valence-corrected chi connectivity index (χ2v) is 4.92. The summed E-state index contributed by atoms with van der Waals surface area (Å²) in [6, 6.07) is 3.33. The Bertz CT molecular complexity index is 581. The SMILES string of the molecule is O=C(NCCC1=CCCC1)Nc1ccc(O)cc1C(=O)O. The van der Waals surface area contributed by atoms with E-state index in [1.165, 1.54) is 24.1 Å². The topological polar surface area (TPSA) is 98.7 Å². The number of amides is 2. The van der Waals surface area contributed by atoms with E-state index in [1.54, 1.807) is 0 Å². The van der Waals surface area contributed by atoms with Crippen LogP contribution in [-0.4, -0.2) is 28.8 Å². The van der Waals surface area contributed by atoms with Gasteiger partial charge in [0.05, 0.1) is 11.3 Å². The van der Waals surface area contributed by atoms with Crippen molar-refractivity contribution >= 4 is 17.7 Å². The Balaban J connectivity index is 1.88. The standard InChI is InChI=1S/C15H18N2O4/c18-11-5-6-13(12(9-11)14(19)20)17-15(21)16-8-7-10-3-1-2-4-10/h3,5-6,9,18H,1-2,4,7-8H2,(H,19,20)(H2,16,17,21). The lowest BCUT2D eigenvalue weighted by Gasteiger charge is -2.10. The van der Waals surface area contributed by atoms with E-state index in [1.807, 2.05) is 0 Å². The van der Waals surface area contributed by atoms with E-state index in [9.17, 15) is 14.7 Å². The minimum atomic E-state index is -1.21. The Morgan fingerprint density at radius 3 is 2.76 bits per heavy atom. The molecule has 0 saturated carbocycles. The third-order valence-corrected chi connectivity index (χ3v) is 3.35. The van der Waals surface area contributed by atoms with E-state index < -0.39 is 12.0 Å². The van der Waals surface area contributed by atoms with Gasteiger partial charge in [0.1, 0.15) is 5.75 Å². The zero-order chi connectivity index (χ0) is 15.2. The maximum Gasteiger partial charge on any atom is 0.337 e. The molecular weight excluding hydrogens is 272 g/mol. The summed E-state index contributed by atoms with van der Waals surface area (Å²) in [5.41, 5.74) is 1.35. The summed E-state index contributed by atoms with van der Waals surface area (Å²) >= 11 is 0. The fourth-order valence-corrected chi connectivity index (χ4v) is 2.29. The highest BCUT2D eigenvalue weighted by atomic mass is 16.4. The lowest BCUT2D eigenvalue weighted by atomic mass is 10.1. The number of carboxylic acids is 1. The van der Waals surface area contributed by atoms with Gasteiger partial charge < -0.3 is 20.8 Å². The molecule has 0 aliphatic heterocycles. The largest absolute Gasteiger partial charge is 0.508 e. The molecule has 1 aromatic carbocycles. The molecule has 0 saturated heterocycles. The van der Waals surface area contributed by atoms with Crippen molar-refractivity contribution < 1.29 is 19.8 Å². The van der Waals surface area contributed by atoms with Crippen molar-refractivity contribution in [2.24, 2.45) is 0 Å². The van der Waals surface area contributed by atoms with Crippen LogP contribution in [0.1, 0.15) is 36.0 Å². The van der Waals surface area contributed by atoms with E-state index in [0.717, 1.165) is 25.3 Å². The van der Waals surface area contributed by atoms with E-state index in [2.05, 4.69) is 16.7 Å². The minimum absolute atomic E-state index is 0.149. The number of hydrogen-bond donors (Lipinski definition) is 4. The third-order valence-electron chi connectivity index (χ3n) is 3.35. The first-order valence-corrected chi connectivity index (χ1v) is 6.85. The van der Waals surface area contributed by atoms with Crippen molar-refractivity contribution in [1.82, 2.24) is 5.32 Å². The lowest BCUT2D eigenvalue weighted by molar-refractivity contribution is 0.0697. The van der Waals surface area contributed by atoms with E-state index in [0.29, 0.717) is 6.54 Å². The highest BCUT2D eigenvalue weighted by molar-refractivity contribution is 6.00. The number of phenols is 1. The maximum absolute atomic E-state index is 11.7. The lowest BCUT2D eigenvalue weighted by Crippen LogP contribution is -2.30. The molecule has 21 heavy (non-hydrogen) atoms. The highest BCUT2D eigenvalue weighted by Gasteiger charge is 2.13. The molecule has 0 fully saturated rings. The van der Waals surface area contributed by atoms with Crippen LogP contribution in [0.15, 0.2) is 29.8 Å². The van der Waals surface area contributed by atoms with Gasteiger partial charge in [0, 0.05) is 6.54 Å². The Labute approximate surface area is 122 Å². The first kappa shape index (κ1) is 14.9. The van der Waals surface area contributed by atoms with Gasteiger partial charge in [0.2, 0.25) is 0 Å². The van der Waals surface area contributed by atoms with E-state index in [4.69, 9.17) is 5.11 Å². The smallest absolute Gasteiger partial charge is 0.337 e. The van der Waals surface area contributed by atoms with Crippen LogP contribution in [0.3, 0.4) is 0 Å². The van der Waals surface area contributed by atoms with Crippen LogP contribution in [0.5, 0.6) is 5.75 Å². The van der Waals surface area contributed by atoms with Crippen molar-refractivity contribution in [2.45, 2.75) is 25.7 Å². The molecule has 0 aromatic heterocycles. The van der Waals surface area contributed by atoms with Gasteiger partial charge in [-0.25, -0.2) is 9.59 Å². The van der Waals surface area contributed by atoms with Gasteiger partial charge in [-0.2, -0.15) is 0 Å². The molecule has 0 spiro atoms. The Hall–Kier alpha value is -2.50. The van der Waals surface area contributed by atoms with Crippen LogP contribution in [0.2, 0.25) is 0 Å². The second-order valence-electron chi connectivity index (χ2n) is 4.92. The third kappa shape index (κ3) is 4.24. The predicted octanol–water partition coefficient (Wildman–Crippen LogP) is 2.71. The monoisotopic (exact) mass is 290 g/mol. The maximum atomic E-state index is 11.7. The van der Waals surface area contributed by atoms with Gasteiger partial charge in [-0.05, 0) is 43.9 Å². The number of rotatable bonds is 5. The summed E-state index contributed by atoms with van der Waals surface area (Å²) in [4.78, 5) is 22.8. The van der Waals surface area contributed by atoms with Crippen LogP contribution in [0.25, 0.3) is 0 Å². The van der Waals surface area contributed by atoms with Gasteiger partial charge in [-0.1, -0.05) is 11.6 Å². The molecule has 0 unspecified atom stereocenters. The number of allylic oxidation sites excluding steroid dienone is 1. The molecule has 0 radical (unpaired) electrons. The molecule has 6 heteroatoms. The van der Waals surface area contributed by atoms with Crippen molar-refractivity contribution in [3.05, 3.63) is 35.4 Å². The van der Waals surface area contributed by atoms with Gasteiger partial charge in [-0.15, -0.1) is 0 Å². The van der Waals surface area contributed by atoms with Gasteiger partial charge in [0.25, 0.3) is 0 Å². The molecule has 2 amide bonds. The minimum Gasteiger partial charge on any atom is -0.508 e. The van der Waals surface area contributed by atoms with Crippen LogP contribution >= 0.6 is 0 Å². The molecule has 1 aliphatic rings. The predicted molar refractivity (Wildman–Crippen MR) is 78.6 cm³/mol. The average Bonchev–Trinajstić information content (AvgIpc) is 2.94. The number of urea groups is 1. The summed E-state index contributed by atoms with van der Waals surface area (Å²) in [6.07, 6.45) is 6.38. The molecule has 112 valence electrons. The number of phenolic OH excluding ortho intramolecular Hbond substituents is 1. The second kappa shape index (κ2) is 6.78. The summed E-state index contributed by atoms with van der Waals surface area (Å²) in [5, 5.41) is 23.5. The molecule has 1 aliphatic carbocycles. The van der Waals surface area contributed by atoms with Crippen molar-refractivity contribution in [3.8, 4) is 5.75 Å². The number of carboxylic acid groups (broad SMARTS) is 1. The molecule has 0 bridgehead atoms. The normalized spacial score (nSPS) is 13.6. The Kier molecular flexibility index (Phi) is 4.81. The number of nitrogens with one attached hydrogen (secondary N) is 2. The number of hydrogen-bond acceptors (Lipinski definition) is 3. The van der Waals surface area contributed by atoms with Crippen LogP contribution < -0.4 is 10.6 Å². The average molecular weight is 290 g/mol. The Morgan fingerprint density at radius 2 is 2.10 bits per heavy atom. The number of aromatic carboxylic acids is 1. The number of aromatic hydroxyl groups is 1. The van der Waals surface area contributed by atoms with Gasteiger partial charge in [-0.3, -0.25) is 0 Å².